The van der Waals surface area contributed by atoms with Crippen molar-refractivity contribution in [2.75, 3.05) is 0 Å². The second kappa shape index (κ2) is 22.3. The Kier molecular flexibility index (Phi) is 16.6. The fraction of sp³-hybridized carbons (Fsp3) is 0.125. The normalized spacial score (nSPS) is 9.67. The van der Waals surface area contributed by atoms with Crippen LogP contribution in [-0.4, -0.2) is 29.9 Å². The van der Waals surface area contributed by atoms with Crippen LogP contribution < -0.4 is 0 Å². The lowest BCUT2D eigenvalue weighted by molar-refractivity contribution is 1.20. The van der Waals surface area contributed by atoms with Crippen LogP contribution in [0.15, 0.2) is 183 Å². The highest BCUT2D eigenvalue weighted by molar-refractivity contribution is 5.81. The quantitative estimate of drug-likeness (QED) is 0.156. The van der Waals surface area contributed by atoms with Gasteiger partial charge in [-0.25, -0.2) is 0 Å². The number of aromatic nitrogens is 6. The summed E-state index contributed by atoms with van der Waals surface area (Å²) in [6.07, 6.45) is 14.4. The molecule has 9 aromatic rings. The van der Waals surface area contributed by atoms with E-state index in [-0.39, 0.29) is 0 Å². The third kappa shape index (κ3) is 14.5. The number of aryl methyl sites for hydroxylation is 6. The first kappa shape index (κ1) is 40.1. The maximum absolute atomic E-state index is 4.28. The van der Waals surface area contributed by atoms with Gasteiger partial charge >= 0.3 is 0 Å². The first-order valence-electron chi connectivity index (χ1n) is 17.8. The highest BCUT2D eigenvalue weighted by Crippen LogP contribution is 2.14. The molecule has 0 aliphatic rings. The zero-order valence-electron chi connectivity index (χ0n) is 32.0. The lowest BCUT2D eigenvalue weighted by Gasteiger charge is -1.97. The van der Waals surface area contributed by atoms with Gasteiger partial charge in [-0.3, -0.25) is 29.9 Å². The second-order valence-electron chi connectivity index (χ2n) is 12.6. The molecule has 0 atom stereocenters. The zero-order chi connectivity index (χ0) is 38.4. The van der Waals surface area contributed by atoms with Crippen LogP contribution in [-0.2, 0) is 0 Å². The third-order valence-corrected chi connectivity index (χ3v) is 7.82. The van der Waals surface area contributed by atoms with Crippen LogP contribution in [0.5, 0.6) is 0 Å². The molecule has 0 radical (unpaired) electrons. The summed E-state index contributed by atoms with van der Waals surface area (Å²) in [6.45, 7) is 12.3. The summed E-state index contributed by atoms with van der Waals surface area (Å²) in [5.74, 6) is 0. The molecule has 6 aromatic heterocycles. The van der Waals surface area contributed by atoms with Crippen LogP contribution in [0.1, 0.15) is 33.5 Å². The summed E-state index contributed by atoms with van der Waals surface area (Å²) in [5.41, 5.74) is 10.6. The van der Waals surface area contributed by atoms with E-state index >= 15 is 0 Å². The van der Waals surface area contributed by atoms with Crippen LogP contribution in [0.4, 0.5) is 0 Å². The van der Waals surface area contributed by atoms with Crippen molar-refractivity contribution < 1.29 is 0 Å². The van der Waals surface area contributed by atoms with Crippen molar-refractivity contribution in [3.63, 3.8) is 0 Å². The van der Waals surface area contributed by atoms with Crippen molar-refractivity contribution in [2.24, 2.45) is 0 Å². The average molecular weight is 709 g/mol. The number of hydrogen-bond donors (Lipinski definition) is 0. The Balaban J connectivity index is 0.000000146. The summed E-state index contributed by atoms with van der Waals surface area (Å²) in [4.78, 5) is 24.5. The highest BCUT2D eigenvalue weighted by Gasteiger charge is 1.94. The number of hydrogen-bond acceptors (Lipinski definition) is 6. The van der Waals surface area contributed by atoms with Gasteiger partial charge in [0, 0.05) is 71.4 Å². The van der Waals surface area contributed by atoms with Crippen LogP contribution >= 0.6 is 0 Å². The largest absolute Gasteiger partial charge is 0.265 e. The van der Waals surface area contributed by atoms with E-state index in [2.05, 4.69) is 117 Å². The van der Waals surface area contributed by atoms with Gasteiger partial charge in [0.15, 0.2) is 0 Å². The monoisotopic (exact) mass is 708 g/mol. The molecule has 0 saturated carbocycles. The van der Waals surface area contributed by atoms with Crippen LogP contribution in [0.3, 0.4) is 0 Å². The van der Waals surface area contributed by atoms with Gasteiger partial charge in [-0.2, -0.15) is 0 Å². The number of pyridine rings is 6. The Labute approximate surface area is 319 Å². The lowest BCUT2D eigenvalue weighted by atomic mass is 10.1. The van der Waals surface area contributed by atoms with Crippen LogP contribution in [0.25, 0.3) is 32.7 Å². The molecular weight excluding hydrogens is 661 g/mol. The summed E-state index contributed by atoms with van der Waals surface area (Å²) >= 11 is 0. The molecule has 54 heavy (non-hydrogen) atoms. The molecule has 0 amide bonds. The first-order chi connectivity index (χ1) is 26.3. The molecule has 0 fully saturated rings. The van der Waals surface area contributed by atoms with Gasteiger partial charge in [0.05, 0.1) is 16.6 Å². The van der Waals surface area contributed by atoms with E-state index < -0.39 is 0 Å². The minimum absolute atomic E-state index is 1.07. The molecular formula is C48H48N6. The van der Waals surface area contributed by atoms with Crippen molar-refractivity contribution in [1.29, 1.82) is 0 Å². The number of para-hydroxylation sites is 1. The Morgan fingerprint density at radius 3 is 1.56 bits per heavy atom. The standard InChI is InChI=1S/3C10H9N.3C6H7N/c1-8-4-2-5-9-6-3-7-11-10(8)9;1-8-4-5-10-9(7-8)3-2-6-11-10;1-8-4-5-9-3-2-6-11-10(9)7-8;1-6-2-4-7-5-3-6;1-6-3-2-4-7-5-6;1-6-4-2-3-5-7-6/h3*2-7H,1H3;3*2-5H,1H3. The van der Waals surface area contributed by atoms with E-state index in [0.717, 1.165) is 22.2 Å². The van der Waals surface area contributed by atoms with E-state index in [1.807, 2.05) is 112 Å². The molecule has 9 rings (SSSR count). The van der Waals surface area contributed by atoms with E-state index in [1.165, 1.54) is 44.0 Å². The van der Waals surface area contributed by atoms with Gasteiger partial charge in [0.1, 0.15) is 0 Å². The fourth-order valence-electron chi connectivity index (χ4n) is 4.95. The molecule has 0 aliphatic heterocycles. The molecule has 6 heterocycles. The van der Waals surface area contributed by atoms with Crippen molar-refractivity contribution in [2.45, 2.75) is 41.5 Å². The summed E-state index contributed by atoms with van der Waals surface area (Å²) in [7, 11) is 0. The molecule has 3 aromatic carbocycles. The molecule has 0 N–H and O–H groups in total. The SMILES string of the molecule is Cc1ccc2cccnc2c1.Cc1ccc2ncccc2c1.Cc1cccc2cccnc12.Cc1ccccn1.Cc1cccnc1.Cc1ccncc1. The Morgan fingerprint density at radius 1 is 0.333 bits per heavy atom. The summed E-state index contributed by atoms with van der Waals surface area (Å²) < 4.78 is 0. The predicted octanol–water partition coefficient (Wildman–Crippen LogP) is 11.8. The van der Waals surface area contributed by atoms with E-state index in [1.54, 1.807) is 24.8 Å². The Hall–Kier alpha value is -6.66. The predicted molar refractivity (Wildman–Crippen MR) is 226 cm³/mol. The summed E-state index contributed by atoms with van der Waals surface area (Å²) in [5, 5.41) is 3.64. The third-order valence-electron chi connectivity index (χ3n) is 7.82. The molecule has 270 valence electrons. The van der Waals surface area contributed by atoms with E-state index in [9.17, 15) is 0 Å². The van der Waals surface area contributed by atoms with Crippen molar-refractivity contribution >= 4 is 32.7 Å². The topological polar surface area (TPSA) is 77.3 Å². The van der Waals surface area contributed by atoms with Crippen LogP contribution in [0, 0.1) is 41.5 Å². The molecule has 0 spiro atoms. The van der Waals surface area contributed by atoms with Gasteiger partial charge in [0.25, 0.3) is 0 Å². The van der Waals surface area contributed by atoms with Crippen molar-refractivity contribution in [3.05, 3.63) is 217 Å². The maximum Gasteiger partial charge on any atom is 0.0731 e. The molecule has 0 saturated heterocycles. The van der Waals surface area contributed by atoms with Crippen molar-refractivity contribution in [1.82, 2.24) is 29.9 Å². The second-order valence-corrected chi connectivity index (χ2v) is 12.6. The maximum atomic E-state index is 4.28. The molecule has 6 nitrogen and oxygen atoms in total. The minimum Gasteiger partial charge on any atom is -0.265 e. The number of rotatable bonds is 0. The van der Waals surface area contributed by atoms with Crippen molar-refractivity contribution in [3.8, 4) is 0 Å². The molecule has 0 aliphatic carbocycles. The zero-order valence-corrected chi connectivity index (χ0v) is 32.0. The Morgan fingerprint density at radius 2 is 0.963 bits per heavy atom. The van der Waals surface area contributed by atoms with Gasteiger partial charge in [-0.15, -0.1) is 0 Å². The molecule has 0 bridgehead atoms. The number of nitrogens with zero attached hydrogens (tertiary/aromatic N) is 6. The van der Waals surface area contributed by atoms with E-state index in [0.29, 0.717) is 0 Å². The fourth-order valence-corrected chi connectivity index (χ4v) is 4.95. The average Bonchev–Trinajstić information content (AvgIpc) is 3.20. The Bertz CT molecular complexity index is 2220. The highest BCUT2D eigenvalue weighted by atomic mass is 14.7. The molecule has 0 unspecified atom stereocenters. The van der Waals surface area contributed by atoms with Crippen LogP contribution in [0.2, 0.25) is 0 Å². The number of fused-ring (bicyclic) bond motifs is 3. The van der Waals surface area contributed by atoms with E-state index in [4.69, 9.17) is 0 Å². The van der Waals surface area contributed by atoms with Gasteiger partial charge in [-0.1, -0.05) is 72.3 Å². The minimum atomic E-state index is 1.07. The lowest BCUT2D eigenvalue weighted by Crippen LogP contribution is -1.80. The van der Waals surface area contributed by atoms with Gasteiger partial charge < -0.3 is 0 Å². The van der Waals surface area contributed by atoms with Gasteiger partial charge in [0.2, 0.25) is 0 Å². The first-order valence-corrected chi connectivity index (χ1v) is 17.8. The molecule has 6 heteroatoms. The number of benzene rings is 3. The summed E-state index contributed by atoms with van der Waals surface area (Å²) in [6, 6.07) is 44.6. The smallest absolute Gasteiger partial charge is 0.0731 e. The van der Waals surface area contributed by atoms with Gasteiger partial charge in [-0.05, 0) is 131 Å².